The number of nitrogens with one attached hydrogen (secondary N) is 1. The van der Waals surface area contributed by atoms with Crippen molar-refractivity contribution in [3.05, 3.63) is 94.2 Å². The highest BCUT2D eigenvalue weighted by Gasteiger charge is 2.42. The number of aryl methyl sites for hydroxylation is 2. The molecular formula is C36H39N5O5. The summed E-state index contributed by atoms with van der Waals surface area (Å²) in [5, 5.41) is 4.42. The van der Waals surface area contributed by atoms with Crippen LogP contribution in [0.25, 0.3) is 21.9 Å². The van der Waals surface area contributed by atoms with Crippen LogP contribution in [-0.4, -0.2) is 45.3 Å². The molecule has 0 radical (unpaired) electrons. The zero-order valence-corrected chi connectivity index (χ0v) is 27.1. The summed E-state index contributed by atoms with van der Waals surface area (Å²) in [7, 11) is 3.63. The number of hydrogen-bond acceptors (Lipinski definition) is 5. The molecule has 1 aliphatic heterocycles. The Kier molecular flexibility index (Phi) is 7.83. The highest BCUT2D eigenvalue weighted by Crippen LogP contribution is 2.38. The molecule has 3 amide bonds. The first kappa shape index (κ1) is 30.9. The van der Waals surface area contributed by atoms with E-state index in [0.717, 1.165) is 22.0 Å². The van der Waals surface area contributed by atoms with Crippen molar-refractivity contribution in [2.75, 3.05) is 23.8 Å². The lowest BCUT2D eigenvalue weighted by atomic mass is 9.91. The molecule has 5 aromatic rings. The Hall–Kier alpha value is -5.12. The van der Waals surface area contributed by atoms with Gasteiger partial charge in [0, 0.05) is 50.5 Å². The van der Waals surface area contributed by atoms with Crippen LogP contribution in [0.1, 0.15) is 50.1 Å². The highest BCUT2D eigenvalue weighted by atomic mass is 16.3. The molecule has 4 heterocycles. The molecule has 0 aliphatic carbocycles. The number of hydrogen-bond donors (Lipinski definition) is 1. The number of furan rings is 1. The van der Waals surface area contributed by atoms with Gasteiger partial charge in [-0.15, -0.1) is 0 Å². The topological polar surface area (TPSA) is 110 Å². The Morgan fingerprint density at radius 1 is 1.02 bits per heavy atom. The van der Waals surface area contributed by atoms with Crippen LogP contribution in [0.4, 0.5) is 11.4 Å². The maximum atomic E-state index is 14.3. The number of amides is 3. The third kappa shape index (κ3) is 5.27. The molecule has 1 atom stereocenters. The van der Waals surface area contributed by atoms with Crippen LogP contribution < -0.4 is 15.8 Å². The molecule has 10 heteroatoms. The van der Waals surface area contributed by atoms with Gasteiger partial charge in [0.1, 0.15) is 16.8 Å². The number of aromatic nitrogens is 2. The Morgan fingerprint density at radius 2 is 1.78 bits per heavy atom. The monoisotopic (exact) mass is 621 g/mol. The number of fused-ring (bicyclic) bond motifs is 3. The van der Waals surface area contributed by atoms with Gasteiger partial charge in [0.25, 0.3) is 5.56 Å². The van der Waals surface area contributed by atoms with Crippen molar-refractivity contribution in [1.29, 1.82) is 0 Å². The molecule has 238 valence electrons. The number of para-hydroxylation sites is 1. The van der Waals surface area contributed by atoms with Crippen molar-refractivity contribution in [3.63, 3.8) is 0 Å². The fraction of sp³-hybridized carbons (Fsp3) is 0.333. The van der Waals surface area contributed by atoms with E-state index in [-0.39, 0.29) is 48.8 Å². The number of benzene rings is 2. The zero-order chi connectivity index (χ0) is 32.9. The molecule has 1 unspecified atom stereocenters. The smallest absolute Gasteiger partial charge is 0.261 e. The van der Waals surface area contributed by atoms with Gasteiger partial charge in [0.2, 0.25) is 17.7 Å². The van der Waals surface area contributed by atoms with Gasteiger partial charge in [-0.1, -0.05) is 31.2 Å². The summed E-state index contributed by atoms with van der Waals surface area (Å²) < 4.78 is 9.28. The third-order valence-corrected chi connectivity index (χ3v) is 9.19. The lowest BCUT2D eigenvalue weighted by Gasteiger charge is -2.33. The van der Waals surface area contributed by atoms with Gasteiger partial charge in [-0.3, -0.25) is 19.2 Å². The molecule has 0 spiro atoms. The highest BCUT2D eigenvalue weighted by molar-refractivity contribution is 6.19. The van der Waals surface area contributed by atoms with Crippen molar-refractivity contribution in [3.8, 4) is 0 Å². The quantitative estimate of drug-likeness (QED) is 0.228. The largest absolute Gasteiger partial charge is 0.461 e. The van der Waals surface area contributed by atoms with Crippen LogP contribution in [0.2, 0.25) is 0 Å². The second-order valence-electron chi connectivity index (χ2n) is 12.6. The average molecular weight is 622 g/mol. The first-order valence-electron chi connectivity index (χ1n) is 15.6. The van der Waals surface area contributed by atoms with Gasteiger partial charge in [0.15, 0.2) is 0 Å². The van der Waals surface area contributed by atoms with E-state index >= 15 is 0 Å². The molecule has 10 nitrogen and oxygen atoms in total. The summed E-state index contributed by atoms with van der Waals surface area (Å²) >= 11 is 0. The van der Waals surface area contributed by atoms with Crippen LogP contribution in [0, 0.1) is 12.3 Å². The van der Waals surface area contributed by atoms with E-state index in [1.807, 2.05) is 66.0 Å². The fourth-order valence-electron chi connectivity index (χ4n) is 6.56. The molecule has 0 bridgehead atoms. The number of anilines is 2. The molecular weight excluding hydrogens is 582 g/mol. The van der Waals surface area contributed by atoms with E-state index in [0.29, 0.717) is 34.5 Å². The van der Waals surface area contributed by atoms with Crippen LogP contribution in [0.3, 0.4) is 0 Å². The number of nitrogens with zero attached hydrogens (tertiary/aromatic N) is 4. The van der Waals surface area contributed by atoms with Crippen molar-refractivity contribution < 1.29 is 18.8 Å². The lowest BCUT2D eigenvalue weighted by Crippen LogP contribution is -2.43. The van der Waals surface area contributed by atoms with Gasteiger partial charge in [-0.05, 0) is 68.7 Å². The van der Waals surface area contributed by atoms with Crippen LogP contribution in [0.5, 0.6) is 0 Å². The first-order valence-corrected chi connectivity index (χ1v) is 15.6. The van der Waals surface area contributed by atoms with E-state index in [1.54, 1.807) is 56.8 Å². The Bertz CT molecular complexity index is 2070. The van der Waals surface area contributed by atoms with Crippen molar-refractivity contribution in [2.45, 2.75) is 53.1 Å². The van der Waals surface area contributed by atoms with Gasteiger partial charge >= 0.3 is 0 Å². The number of carbonyl (C=O) groups excluding carboxylic acids is 3. The summed E-state index contributed by atoms with van der Waals surface area (Å²) in [5.41, 5.74) is 3.03. The Balaban J connectivity index is 1.38. The number of pyridine rings is 1. The van der Waals surface area contributed by atoms with Gasteiger partial charge in [-0.2, -0.15) is 0 Å². The number of rotatable bonds is 8. The molecule has 0 saturated carbocycles. The minimum absolute atomic E-state index is 0.0784. The standard InChI is InChI=1S/C36H39N5O5/c1-7-28(23-12-13-27-30(19-23)39(6)35(45)36(3,4)34(44)37-27)41(17-16-40-15-14-31-26(33(40)43)18-22(2)46-31)32(42)20-24-21-38(5)29-11-9-8-10-25(24)29/h8-15,18-19,21,28H,7,16-17,20H2,1-6H3,(H,37,44). The summed E-state index contributed by atoms with van der Waals surface area (Å²) in [6, 6.07) is 16.7. The predicted octanol–water partition coefficient (Wildman–Crippen LogP) is 5.56. The van der Waals surface area contributed by atoms with Crippen molar-refractivity contribution in [2.24, 2.45) is 12.5 Å². The summed E-state index contributed by atoms with van der Waals surface area (Å²) in [5.74, 6) is -0.105. The van der Waals surface area contributed by atoms with Crippen LogP contribution in [-0.2, 0) is 34.4 Å². The Labute approximate surface area is 267 Å². The fourth-order valence-corrected chi connectivity index (χ4v) is 6.56. The minimum atomic E-state index is -1.24. The molecule has 0 fully saturated rings. The van der Waals surface area contributed by atoms with Crippen molar-refractivity contribution in [1.82, 2.24) is 14.0 Å². The zero-order valence-electron chi connectivity index (χ0n) is 27.1. The van der Waals surface area contributed by atoms with E-state index in [1.165, 1.54) is 4.90 Å². The minimum Gasteiger partial charge on any atom is -0.461 e. The number of carbonyl (C=O) groups is 3. The van der Waals surface area contributed by atoms with E-state index in [2.05, 4.69) is 5.32 Å². The third-order valence-electron chi connectivity index (χ3n) is 9.19. The van der Waals surface area contributed by atoms with Gasteiger partial charge < -0.3 is 28.7 Å². The average Bonchev–Trinajstić information content (AvgIpc) is 3.56. The molecule has 3 aromatic heterocycles. The lowest BCUT2D eigenvalue weighted by molar-refractivity contribution is -0.136. The van der Waals surface area contributed by atoms with Gasteiger partial charge in [-0.25, -0.2) is 0 Å². The first-order chi connectivity index (χ1) is 21.9. The van der Waals surface area contributed by atoms with Gasteiger partial charge in [0.05, 0.1) is 29.2 Å². The second kappa shape index (κ2) is 11.7. The predicted molar refractivity (Wildman–Crippen MR) is 179 cm³/mol. The SMILES string of the molecule is CCC(c1ccc2c(c1)N(C)C(=O)C(C)(C)C(=O)N2)N(CCn1ccc2oc(C)cc2c1=O)C(=O)Cc1cn(C)c2ccccc12. The molecule has 6 rings (SSSR count). The van der Waals surface area contributed by atoms with Crippen LogP contribution >= 0.6 is 0 Å². The second-order valence-corrected chi connectivity index (χ2v) is 12.6. The Morgan fingerprint density at radius 3 is 2.54 bits per heavy atom. The normalized spacial score (nSPS) is 15.1. The van der Waals surface area contributed by atoms with E-state index in [4.69, 9.17) is 4.42 Å². The van der Waals surface area contributed by atoms with E-state index < -0.39 is 5.41 Å². The summed E-state index contributed by atoms with van der Waals surface area (Å²) in [4.78, 5) is 57.2. The molecule has 1 aliphatic rings. The molecule has 1 N–H and O–H groups in total. The van der Waals surface area contributed by atoms with Crippen LogP contribution in [0.15, 0.2) is 76.2 Å². The maximum Gasteiger partial charge on any atom is 0.261 e. The maximum absolute atomic E-state index is 14.3. The molecule has 0 saturated heterocycles. The van der Waals surface area contributed by atoms with E-state index in [9.17, 15) is 19.2 Å². The summed E-state index contributed by atoms with van der Waals surface area (Å²) in [6.45, 7) is 7.60. The van der Waals surface area contributed by atoms with Crippen molar-refractivity contribution >= 4 is 51.0 Å². The summed E-state index contributed by atoms with van der Waals surface area (Å²) in [6.07, 6.45) is 4.47. The molecule has 2 aromatic carbocycles. The molecule has 46 heavy (non-hydrogen) atoms.